The lowest BCUT2D eigenvalue weighted by molar-refractivity contribution is 0.412. The molecule has 0 aliphatic heterocycles. The topological polar surface area (TPSA) is 50.8 Å². The van der Waals surface area contributed by atoms with Gasteiger partial charge in [0.25, 0.3) is 5.19 Å². The van der Waals surface area contributed by atoms with Crippen LogP contribution in [0.25, 0.3) is 11.4 Å². The number of aromatic amines is 1. The molecular formula is C8H7N3OS2. The van der Waals surface area contributed by atoms with Gasteiger partial charge in [0.2, 0.25) is 0 Å². The van der Waals surface area contributed by atoms with Gasteiger partial charge in [-0.2, -0.15) is 0 Å². The zero-order chi connectivity index (χ0) is 9.97. The van der Waals surface area contributed by atoms with Crippen LogP contribution < -0.4 is 4.74 Å². The Morgan fingerprint density at radius 2 is 2.43 bits per heavy atom. The van der Waals surface area contributed by atoms with Crippen molar-refractivity contribution in [2.24, 2.45) is 0 Å². The lowest BCUT2D eigenvalue weighted by Gasteiger charge is -1.94. The molecule has 2 aromatic heterocycles. The fraction of sp³-hybridized carbons (Fsp3) is 0.125. The average molecular weight is 225 g/mol. The van der Waals surface area contributed by atoms with Crippen molar-refractivity contribution in [1.29, 1.82) is 0 Å². The lowest BCUT2D eigenvalue weighted by Crippen LogP contribution is -1.86. The highest BCUT2D eigenvalue weighted by atomic mass is 32.1. The summed E-state index contributed by atoms with van der Waals surface area (Å²) >= 11 is 6.35. The SMILES string of the molecule is COc1nc(-c2ccnc(=S)[nH]2)cs1. The lowest BCUT2D eigenvalue weighted by atomic mass is 10.3. The number of ether oxygens (including phenoxy) is 1. The van der Waals surface area contributed by atoms with Crippen molar-refractivity contribution >= 4 is 23.6 Å². The maximum Gasteiger partial charge on any atom is 0.273 e. The smallest absolute Gasteiger partial charge is 0.273 e. The van der Waals surface area contributed by atoms with E-state index in [-0.39, 0.29) is 0 Å². The molecule has 72 valence electrons. The molecule has 0 saturated carbocycles. The molecule has 0 atom stereocenters. The number of aromatic nitrogens is 3. The summed E-state index contributed by atoms with van der Waals surface area (Å²) in [4.78, 5) is 11.1. The minimum Gasteiger partial charge on any atom is -0.473 e. The van der Waals surface area contributed by atoms with Crippen molar-refractivity contribution in [2.45, 2.75) is 0 Å². The van der Waals surface area contributed by atoms with Crippen LogP contribution in [0.2, 0.25) is 0 Å². The quantitative estimate of drug-likeness (QED) is 0.797. The summed E-state index contributed by atoms with van der Waals surface area (Å²) in [6.07, 6.45) is 1.65. The maximum atomic E-state index is 5.00. The summed E-state index contributed by atoms with van der Waals surface area (Å²) < 4.78 is 5.45. The zero-order valence-electron chi connectivity index (χ0n) is 7.35. The number of methoxy groups -OCH3 is 1. The van der Waals surface area contributed by atoms with E-state index in [1.807, 2.05) is 11.4 Å². The van der Waals surface area contributed by atoms with Crippen LogP contribution in [-0.4, -0.2) is 22.1 Å². The van der Waals surface area contributed by atoms with Crippen molar-refractivity contribution in [1.82, 2.24) is 15.0 Å². The number of hydrogen-bond acceptors (Lipinski definition) is 5. The van der Waals surface area contributed by atoms with E-state index < -0.39 is 0 Å². The fourth-order valence-corrected chi connectivity index (χ4v) is 1.80. The van der Waals surface area contributed by atoms with Crippen LogP contribution in [-0.2, 0) is 0 Å². The molecule has 14 heavy (non-hydrogen) atoms. The first kappa shape index (κ1) is 9.29. The molecular weight excluding hydrogens is 218 g/mol. The van der Waals surface area contributed by atoms with Gasteiger partial charge < -0.3 is 9.72 Å². The molecule has 6 heteroatoms. The Morgan fingerprint density at radius 3 is 3.07 bits per heavy atom. The highest BCUT2D eigenvalue weighted by Gasteiger charge is 2.03. The molecule has 0 saturated heterocycles. The first-order chi connectivity index (χ1) is 6.79. The number of H-pyrrole nitrogens is 1. The molecule has 4 nitrogen and oxygen atoms in total. The van der Waals surface area contributed by atoms with Crippen LogP contribution in [0.4, 0.5) is 0 Å². The van der Waals surface area contributed by atoms with Gasteiger partial charge in [0.1, 0.15) is 5.69 Å². The molecule has 0 spiro atoms. The summed E-state index contributed by atoms with van der Waals surface area (Å²) in [7, 11) is 1.59. The fourth-order valence-electron chi connectivity index (χ4n) is 0.993. The van der Waals surface area contributed by atoms with Crippen LogP contribution in [0.5, 0.6) is 5.19 Å². The van der Waals surface area contributed by atoms with Gasteiger partial charge in [-0.3, -0.25) is 0 Å². The van der Waals surface area contributed by atoms with Gasteiger partial charge in [0.05, 0.1) is 12.8 Å². The maximum absolute atomic E-state index is 5.00. The predicted octanol–water partition coefficient (Wildman–Crippen LogP) is 2.27. The van der Waals surface area contributed by atoms with Gasteiger partial charge in [0.15, 0.2) is 4.77 Å². The van der Waals surface area contributed by atoms with E-state index in [0.29, 0.717) is 9.96 Å². The van der Waals surface area contributed by atoms with Crippen LogP contribution in [0.3, 0.4) is 0 Å². The summed E-state index contributed by atoms with van der Waals surface area (Å²) in [6, 6.07) is 1.82. The third-order valence-electron chi connectivity index (χ3n) is 1.61. The molecule has 1 N–H and O–H groups in total. The summed E-state index contributed by atoms with van der Waals surface area (Å²) in [5.41, 5.74) is 1.67. The molecule has 2 aromatic rings. The van der Waals surface area contributed by atoms with E-state index in [0.717, 1.165) is 11.4 Å². The van der Waals surface area contributed by atoms with E-state index in [1.165, 1.54) is 11.3 Å². The Hall–Kier alpha value is -1.27. The van der Waals surface area contributed by atoms with Gasteiger partial charge in [0, 0.05) is 11.6 Å². The minimum atomic E-state index is 0.453. The second-order valence-electron chi connectivity index (χ2n) is 2.49. The Kier molecular flexibility index (Phi) is 2.55. The monoisotopic (exact) mass is 225 g/mol. The Labute approximate surface area is 89.6 Å². The Balaban J connectivity index is 2.44. The summed E-state index contributed by atoms with van der Waals surface area (Å²) in [6.45, 7) is 0. The standard InChI is InChI=1S/C8H7N3OS2/c1-12-8-11-6(4-14-8)5-2-3-9-7(13)10-5/h2-4H,1H3,(H,9,10,13). The first-order valence-corrected chi connectivity index (χ1v) is 5.13. The summed E-state index contributed by atoms with van der Waals surface area (Å²) in [5, 5.41) is 2.54. The molecule has 0 aromatic carbocycles. The second kappa shape index (κ2) is 3.85. The number of nitrogens with zero attached hydrogens (tertiary/aromatic N) is 2. The third-order valence-corrected chi connectivity index (χ3v) is 2.62. The number of rotatable bonds is 2. The largest absolute Gasteiger partial charge is 0.473 e. The molecule has 0 aliphatic carbocycles. The van der Waals surface area contributed by atoms with Gasteiger partial charge in [-0.05, 0) is 18.3 Å². The van der Waals surface area contributed by atoms with Crippen molar-refractivity contribution in [3.63, 3.8) is 0 Å². The van der Waals surface area contributed by atoms with E-state index in [4.69, 9.17) is 17.0 Å². The Bertz CT molecular complexity index is 491. The van der Waals surface area contributed by atoms with Crippen LogP contribution in [0, 0.1) is 4.77 Å². The number of thiazole rings is 1. The highest BCUT2D eigenvalue weighted by Crippen LogP contribution is 2.24. The van der Waals surface area contributed by atoms with E-state index >= 15 is 0 Å². The molecule has 0 aliphatic rings. The van der Waals surface area contributed by atoms with E-state index in [1.54, 1.807) is 13.3 Å². The van der Waals surface area contributed by atoms with Crippen molar-refractivity contribution in [3.05, 3.63) is 22.4 Å². The molecule has 0 bridgehead atoms. The molecule has 0 amide bonds. The second-order valence-corrected chi connectivity index (χ2v) is 3.70. The van der Waals surface area contributed by atoms with Crippen molar-refractivity contribution < 1.29 is 4.74 Å². The third kappa shape index (κ3) is 1.80. The van der Waals surface area contributed by atoms with Crippen molar-refractivity contribution in [2.75, 3.05) is 7.11 Å². The van der Waals surface area contributed by atoms with Crippen molar-refractivity contribution in [3.8, 4) is 16.6 Å². The van der Waals surface area contributed by atoms with Crippen LogP contribution >= 0.6 is 23.6 Å². The minimum absolute atomic E-state index is 0.453. The normalized spacial score (nSPS) is 10.1. The van der Waals surface area contributed by atoms with Crippen LogP contribution in [0.1, 0.15) is 0 Å². The molecule has 0 radical (unpaired) electrons. The zero-order valence-corrected chi connectivity index (χ0v) is 8.98. The molecule has 2 heterocycles. The highest BCUT2D eigenvalue weighted by molar-refractivity contribution is 7.71. The van der Waals surface area contributed by atoms with Gasteiger partial charge >= 0.3 is 0 Å². The van der Waals surface area contributed by atoms with E-state index in [9.17, 15) is 0 Å². The van der Waals surface area contributed by atoms with E-state index in [2.05, 4.69) is 15.0 Å². The molecule has 0 fully saturated rings. The van der Waals surface area contributed by atoms with Gasteiger partial charge in [-0.25, -0.2) is 9.97 Å². The predicted molar refractivity (Wildman–Crippen MR) is 57.1 cm³/mol. The van der Waals surface area contributed by atoms with Crippen LogP contribution in [0.15, 0.2) is 17.6 Å². The summed E-state index contributed by atoms with van der Waals surface area (Å²) in [5.74, 6) is 0. The first-order valence-electron chi connectivity index (χ1n) is 3.85. The molecule has 0 unspecified atom stereocenters. The van der Waals surface area contributed by atoms with Gasteiger partial charge in [-0.15, -0.1) is 0 Å². The molecule has 2 rings (SSSR count). The Morgan fingerprint density at radius 1 is 1.57 bits per heavy atom. The number of hydrogen-bond donors (Lipinski definition) is 1. The average Bonchev–Trinajstić information content (AvgIpc) is 2.66. The number of nitrogens with one attached hydrogen (secondary N) is 1. The van der Waals surface area contributed by atoms with Gasteiger partial charge in [-0.1, -0.05) is 11.3 Å².